The Balaban J connectivity index is 2.51. The van der Waals surface area contributed by atoms with Gasteiger partial charge in [-0.25, -0.2) is 0 Å². The van der Waals surface area contributed by atoms with Gasteiger partial charge < -0.3 is 0 Å². The van der Waals surface area contributed by atoms with Crippen LogP contribution in [-0.2, 0) is 0 Å². The van der Waals surface area contributed by atoms with Gasteiger partial charge in [-0.1, -0.05) is 57.9 Å². The van der Waals surface area contributed by atoms with Crippen LogP contribution in [-0.4, -0.2) is 0 Å². The summed E-state index contributed by atoms with van der Waals surface area (Å²) in [4.78, 5) is 0.275. The highest BCUT2D eigenvalue weighted by Crippen LogP contribution is 2.35. The lowest BCUT2D eigenvalue weighted by atomic mass is 9.94. The van der Waals surface area contributed by atoms with E-state index in [0.29, 0.717) is 0 Å². The van der Waals surface area contributed by atoms with E-state index in [1.807, 2.05) is 0 Å². The van der Waals surface area contributed by atoms with Gasteiger partial charge in [0.25, 0.3) is 0 Å². The van der Waals surface area contributed by atoms with E-state index in [1.165, 1.54) is 33.4 Å². The largest absolute Gasteiger partial charge is 0.0786 e. The lowest BCUT2D eigenvalue weighted by Gasteiger charge is -2.17. The van der Waals surface area contributed by atoms with Gasteiger partial charge in [0.2, 0.25) is 0 Å². The van der Waals surface area contributed by atoms with E-state index in [2.05, 4.69) is 80.0 Å². The fourth-order valence-electron chi connectivity index (χ4n) is 2.25. The van der Waals surface area contributed by atoms with E-state index in [1.54, 1.807) is 0 Å². The minimum absolute atomic E-state index is 0.275. The summed E-state index contributed by atoms with van der Waals surface area (Å²) in [6.45, 7) is 8.69. The molecule has 0 radical (unpaired) electrons. The Morgan fingerprint density at radius 2 is 1.56 bits per heavy atom. The molecule has 18 heavy (non-hydrogen) atoms. The molecule has 2 aromatic rings. The molecule has 1 unspecified atom stereocenters. The lowest BCUT2D eigenvalue weighted by Crippen LogP contribution is -2.00. The summed E-state index contributed by atoms with van der Waals surface area (Å²) in [5.41, 5.74) is 8.10. The number of hydrogen-bond acceptors (Lipinski definition) is 0. The molecule has 0 aromatic heterocycles. The third-order valence-electron chi connectivity index (χ3n) is 3.63. The standard InChI is InChI=1S/C17H19Br/c1-11-8-9-13(3)16(10-11)17(18)15-7-5-6-12(2)14(15)4/h5-10,17H,1-4H3. The summed E-state index contributed by atoms with van der Waals surface area (Å²) in [7, 11) is 0. The topological polar surface area (TPSA) is 0 Å². The summed E-state index contributed by atoms with van der Waals surface area (Å²) in [6.07, 6.45) is 0. The molecular weight excluding hydrogens is 284 g/mol. The molecule has 0 aliphatic heterocycles. The molecule has 0 aliphatic carbocycles. The van der Waals surface area contributed by atoms with E-state index in [4.69, 9.17) is 0 Å². The van der Waals surface area contributed by atoms with Crippen molar-refractivity contribution in [2.45, 2.75) is 32.5 Å². The van der Waals surface area contributed by atoms with Crippen molar-refractivity contribution >= 4 is 15.9 Å². The van der Waals surface area contributed by atoms with E-state index < -0.39 is 0 Å². The zero-order chi connectivity index (χ0) is 13.3. The third kappa shape index (κ3) is 2.51. The second-order valence-corrected chi connectivity index (χ2v) is 5.93. The fraction of sp³-hybridized carbons (Fsp3) is 0.294. The van der Waals surface area contributed by atoms with Gasteiger partial charge in [0.1, 0.15) is 0 Å². The van der Waals surface area contributed by atoms with Gasteiger partial charge in [0, 0.05) is 0 Å². The highest BCUT2D eigenvalue weighted by Gasteiger charge is 2.15. The summed E-state index contributed by atoms with van der Waals surface area (Å²) >= 11 is 3.86. The first-order valence-electron chi connectivity index (χ1n) is 6.28. The first-order valence-corrected chi connectivity index (χ1v) is 7.19. The summed E-state index contributed by atoms with van der Waals surface area (Å²) in [5.74, 6) is 0. The van der Waals surface area contributed by atoms with Crippen molar-refractivity contribution in [2.24, 2.45) is 0 Å². The Bertz CT molecular complexity index is 568. The number of halogens is 1. The Labute approximate surface area is 118 Å². The number of benzene rings is 2. The smallest absolute Gasteiger partial charge is 0.0649 e. The molecule has 0 N–H and O–H groups in total. The summed E-state index contributed by atoms with van der Waals surface area (Å²) < 4.78 is 0. The zero-order valence-electron chi connectivity index (χ0n) is 11.4. The van der Waals surface area contributed by atoms with Gasteiger partial charge in [-0.3, -0.25) is 0 Å². The molecule has 1 heteroatoms. The Kier molecular flexibility index (Phi) is 3.91. The number of rotatable bonds is 2. The molecule has 1 atom stereocenters. The number of hydrogen-bond donors (Lipinski definition) is 0. The first-order chi connectivity index (χ1) is 8.50. The van der Waals surface area contributed by atoms with Crippen LogP contribution >= 0.6 is 15.9 Å². The predicted molar refractivity (Wildman–Crippen MR) is 82.6 cm³/mol. The molecule has 0 saturated heterocycles. The average molecular weight is 303 g/mol. The van der Waals surface area contributed by atoms with Crippen LogP contribution in [0.25, 0.3) is 0 Å². The van der Waals surface area contributed by atoms with E-state index in [9.17, 15) is 0 Å². The number of aryl methyl sites for hydroxylation is 3. The normalized spacial score (nSPS) is 12.5. The maximum Gasteiger partial charge on any atom is 0.0649 e. The second-order valence-electron chi connectivity index (χ2n) is 5.01. The Morgan fingerprint density at radius 1 is 0.833 bits per heavy atom. The highest BCUT2D eigenvalue weighted by molar-refractivity contribution is 9.09. The van der Waals surface area contributed by atoms with Crippen molar-refractivity contribution in [3.8, 4) is 0 Å². The monoisotopic (exact) mass is 302 g/mol. The van der Waals surface area contributed by atoms with Crippen LogP contribution in [0.15, 0.2) is 36.4 Å². The van der Waals surface area contributed by atoms with Crippen LogP contribution in [0.1, 0.15) is 38.2 Å². The molecule has 2 rings (SSSR count). The van der Waals surface area contributed by atoms with Gasteiger partial charge in [-0.15, -0.1) is 0 Å². The molecule has 2 aromatic carbocycles. The maximum atomic E-state index is 3.86. The van der Waals surface area contributed by atoms with E-state index in [-0.39, 0.29) is 4.83 Å². The predicted octanol–water partition coefficient (Wildman–Crippen LogP) is 5.40. The van der Waals surface area contributed by atoms with Crippen molar-refractivity contribution in [1.29, 1.82) is 0 Å². The molecule has 0 nitrogen and oxygen atoms in total. The maximum absolute atomic E-state index is 3.86. The van der Waals surface area contributed by atoms with Gasteiger partial charge >= 0.3 is 0 Å². The van der Waals surface area contributed by atoms with Crippen molar-refractivity contribution in [2.75, 3.05) is 0 Å². The Hall–Kier alpha value is -1.08. The summed E-state index contributed by atoms with van der Waals surface area (Å²) in [5, 5.41) is 0. The molecule has 94 valence electrons. The highest BCUT2D eigenvalue weighted by atomic mass is 79.9. The molecule has 0 aliphatic rings. The minimum atomic E-state index is 0.275. The molecular formula is C17H19Br. The first kappa shape index (κ1) is 13.4. The Morgan fingerprint density at radius 3 is 2.28 bits per heavy atom. The quantitative estimate of drug-likeness (QED) is 0.651. The van der Waals surface area contributed by atoms with Gasteiger partial charge in [-0.2, -0.15) is 0 Å². The number of alkyl halides is 1. The van der Waals surface area contributed by atoms with Gasteiger partial charge in [0.05, 0.1) is 4.83 Å². The van der Waals surface area contributed by atoms with Crippen LogP contribution in [0, 0.1) is 27.7 Å². The zero-order valence-corrected chi connectivity index (χ0v) is 13.0. The SMILES string of the molecule is Cc1ccc(C)c(C(Br)c2cccc(C)c2C)c1. The van der Waals surface area contributed by atoms with Crippen LogP contribution in [0.3, 0.4) is 0 Å². The van der Waals surface area contributed by atoms with Gasteiger partial charge in [0.15, 0.2) is 0 Å². The van der Waals surface area contributed by atoms with Crippen LogP contribution in [0.4, 0.5) is 0 Å². The average Bonchev–Trinajstić information content (AvgIpc) is 2.35. The van der Waals surface area contributed by atoms with E-state index >= 15 is 0 Å². The molecule has 0 saturated carbocycles. The van der Waals surface area contributed by atoms with Crippen molar-refractivity contribution in [3.05, 3.63) is 69.8 Å². The molecule has 0 heterocycles. The van der Waals surface area contributed by atoms with Gasteiger partial charge in [-0.05, 0) is 55.5 Å². The van der Waals surface area contributed by atoms with Crippen LogP contribution in [0.2, 0.25) is 0 Å². The fourth-order valence-corrected chi connectivity index (χ4v) is 3.24. The van der Waals surface area contributed by atoms with E-state index in [0.717, 1.165) is 0 Å². The molecule has 0 amide bonds. The van der Waals surface area contributed by atoms with Crippen molar-refractivity contribution in [3.63, 3.8) is 0 Å². The van der Waals surface area contributed by atoms with Crippen LogP contribution < -0.4 is 0 Å². The van der Waals surface area contributed by atoms with Crippen LogP contribution in [0.5, 0.6) is 0 Å². The molecule has 0 fully saturated rings. The van der Waals surface area contributed by atoms with Crippen molar-refractivity contribution in [1.82, 2.24) is 0 Å². The third-order valence-corrected chi connectivity index (χ3v) is 4.61. The molecule has 0 bridgehead atoms. The minimum Gasteiger partial charge on any atom is -0.0786 e. The lowest BCUT2D eigenvalue weighted by molar-refractivity contribution is 1.10. The second kappa shape index (κ2) is 5.27. The molecule has 0 spiro atoms. The summed E-state index contributed by atoms with van der Waals surface area (Å²) in [6, 6.07) is 13.2. The van der Waals surface area contributed by atoms with Crippen molar-refractivity contribution < 1.29 is 0 Å².